The van der Waals surface area contributed by atoms with Gasteiger partial charge in [0.1, 0.15) is 0 Å². The summed E-state index contributed by atoms with van der Waals surface area (Å²) in [6.45, 7) is 0.489. The summed E-state index contributed by atoms with van der Waals surface area (Å²) in [6, 6.07) is 10.3. The number of pyridine rings is 1. The maximum atomic E-state index is 12.5. The summed E-state index contributed by atoms with van der Waals surface area (Å²) >= 11 is 0. The third kappa shape index (κ3) is 5.63. The van der Waals surface area contributed by atoms with Crippen LogP contribution >= 0.6 is 0 Å². The molecular weight excluding hydrogens is 370 g/mol. The van der Waals surface area contributed by atoms with Gasteiger partial charge in [-0.3, -0.25) is 14.6 Å². The van der Waals surface area contributed by atoms with E-state index in [1.54, 1.807) is 36.7 Å². The molecule has 0 spiro atoms. The van der Waals surface area contributed by atoms with Gasteiger partial charge in [0.2, 0.25) is 11.8 Å². The highest BCUT2D eigenvalue weighted by molar-refractivity contribution is 5.94. The van der Waals surface area contributed by atoms with E-state index in [2.05, 4.69) is 20.4 Å². The van der Waals surface area contributed by atoms with Gasteiger partial charge in [0.15, 0.2) is 0 Å². The Balaban J connectivity index is 1.44. The number of nitrogens with one attached hydrogen (secondary N) is 2. The van der Waals surface area contributed by atoms with Crippen LogP contribution in [-0.4, -0.2) is 29.9 Å². The van der Waals surface area contributed by atoms with Crippen molar-refractivity contribution in [3.05, 3.63) is 59.9 Å². The van der Waals surface area contributed by atoms with Crippen molar-refractivity contribution in [2.24, 2.45) is 11.8 Å². The lowest BCUT2D eigenvalue weighted by Gasteiger charge is -2.27. The number of aromatic nitrogens is 1. The van der Waals surface area contributed by atoms with Gasteiger partial charge in [-0.15, -0.1) is 0 Å². The number of anilines is 1. The Labute approximate surface area is 169 Å². The average Bonchev–Trinajstić information content (AvgIpc) is 2.78. The van der Waals surface area contributed by atoms with E-state index in [-0.39, 0.29) is 23.7 Å². The SMILES string of the molecule is COC(=O)c1ccc(NC(=O)C2CCC(C(=O)NCc3ccncc3)CC2)cc1. The number of carbonyl (C=O) groups excluding carboxylic acids is 3. The van der Waals surface area contributed by atoms with Gasteiger partial charge in [-0.1, -0.05) is 0 Å². The number of hydrogen-bond acceptors (Lipinski definition) is 5. The maximum Gasteiger partial charge on any atom is 0.337 e. The highest BCUT2D eigenvalue weighted by Crippen LogP contribution is 2.30. The van der Waals surface area contributed by atoms with Crippen molar-refractivity contribution in [3.8, 4) is 0 Å². The van der Waals surface area contributed by atoms with Crippen LogP contribution in [0.3, 0.4) is 0 Å². The van der Waals surface area contributed by atoms with E-state index in [0.29, 0.717) is 43.5 Å². The molecule has 0 radical (unpaired) electrons. The lowest BCUT2D eigenvalue weighted by molar-refractivity contribution is -0.128. The zero-order valence-corrected chi connectivity index (χ0v) is 16.4. The number of carbonyl (C=O) groups is 3. The van der Waals surface area contributed by atoms with Gasteiger partial charge in [0, 0.05) is 36.5 Å². The van der Waals surface area contributed by atoms with Crippen LogP contribution in [0.15, 0.2) is 48.8 Å². The molecule has 1 fully saturated rings. The first-order valence-electron chi connectivity index (χ1n) is 9.72. The number of methoxy groups -OCH3 is 1. The highest BCUT2D eigenvalue weighted by atomic mass is 16.5. The first-order valence-corrected chi connectivity index (χ1v) is 9.72. The van der Waals surface area contributed by atoms with E-state index in [1.165, 1.54) is 7.11 Å². The van der Waals surface area contributed by atoms with Crippen LogP contribution in [0, 0.1) is 11.8 Å². The maximum absolute atomic E-state index is 12.5. The molecule has 3 rings (SSSR count). The summed E-state index contributed by atoms with van der Waals surface area (Å²) in [4.78, 5) is 40.3. The molecule has 29 heavy (non-hydrogen) atoms. The molecule has 1 aromatic heterocycles. The number of ether oxygens (including phenoxy) is 1. The van der Waals surface area contributed by atoms with Crippen LogP contribution in [0.2, 0.25) is 0 Å². The Hall–Kier alpha value is -3.22. The normalized spacial score (nSPS) is 18.5. The van der Waals surface area contributed by atoms with Crippen LogP contribution < -0.4 is 10.6 Å². The highest BCUT2D eigenvalue weighted by Gasteiger charge is 2.29. The molecule has 152 valence electrons. The molecule has 0 aliphatic heterocycles. The summed E-state index contributed by atoms with van der Waals surface area (Å²) in [7, 11) is 1.33. The standard InChI is InChI=1S/C22H25N3O4/c1-29-22(28)18-6-8-19(9-7-18)25-21(27)17-4-2-16(3-5-17)20(26)24-14-15-10-12-23-13-11-15/h6-13,16-17H,2-5,14H2,1H3,(H,24,26)(H,25,27). The molecule has 7 nitrogen and oxygen atoms in total. The van der Waals surface area contributed by atoms with E-state index in [4.69, 9.17) is 0 Å². The van der Waals surface area contributed by atoms with E-state index in [9.17, 15) is 14.4 Å². The number of rotatable bonds is 6. The Kier molecular flexibility index (Phi) is 6.94. The zero-order valence-electron chi connectivity index (χ0n) is 16.4. The third-order valence-electron chi connectivity index (χ3n) is 5.26. The molecule has 0 unspecified atom stereocenters. The Morgan fingerprint density at radius 2 is 1.52 bits per heavy atom. The molecule has 2 amide bonds. The summed E-state index contributed by atoms with van der Waals surface area (Å²) in [5.74, 6) is -0.589. The fourth-order valence-corrected chi connectivity index (χ4v) is 3.50. The van der Waals surface area contributed by atoms with E-state index >= 15 is 0 Å². The average molecular weight is 395 g/mol. The minimum atomic E-state index is -0.414. The van der Waals surface area contributed by atoms with Gasteiger partial charge >= 0.3 is 5.97 Å². The fraction of sp³-hybridized carbons (Fsp3) is 0.364. The topological polar surface area (TPSA) is 97.4 Å². The molecule has 1 aliphatic carbocycles. The Morgan fingerprint density at radius 3 is 2.10 bits per heavy atom. The van der Waals surface area contributed by atoms with Crippen LogP contribution in [0.25, 0.3) is 0 Å². The van der Waals surface area contributed by atoms with Crippen LogP contribution in [-0.2, 0) is 20.9 Å². The molecule has 1 saturated carbocycles. The molecular formula is C22H25N3O4. The molecule has 1 aromatic carbocycles. The lowest BCUT2D eigenvalue weighted by Crippen LogP contribution is -2.35. The fourth-order valence-electron chi connectivity index (χ4n) is 3.50. The minimum absolute atomic E-state index is 0.0408. The van der Waals surface area contributed by atoms with Gasteiger partial charge in [-0.05, 0) is 67.6 Å². The number of hydrogen-bond donors (Lipinski definition) is 2. The van der Waals surface area contributed by atoms with Crippen LogP contribution in [0.4, 0.5) is 5.69 Å². The van der Waals surface area contributed by atoms with Crippen molar-refractivity contribution < 1.29 is 19.1 Å². The van der Waals surface area contributed by atoms with Crippen molar-refractivity contribution in [1.29, 1.82) is 0 Å². The van der Waals surface area contributed by atoms with E-state index in [0.717, 1.165) is 5.56 Å². The molecule has 0 bridgehead atoms. The van der Waals surface area contributed by atoms with Gasteiger partial charge in [0.05, 0.1) is 12.7 Å². The molecule has 2 aromatic rings. The number of esters is 1. The van der Waals surface area contributed by atoms with Gasteiger partial charge < -0.3 is 15.4 Å². The third-order valence-corrected chi connectivity index (χ3v) is 5.26. The minimum Gasteiger partial charge on any atom is -0.465 e. The predicted molar refractivity (Wildman–Crippen MR) is 108 cm³/mol. The Bertz CT molecular complexity index is 844. The van der Waals surface area contributed by atoms with Gasteiger partial charge in [0.25, 0.3) is 0 Å². The van der Waals surface area contributed by atoms with Crippen LogP contribution in [0.5, 0.6) is 0 Å². The first kappa shape index (κ1) is 20.5. The summed E-state index contributed by atoms with van der Waals surface area (Å²) in [5, 5.41) is 5.86. The zero-order chi connectivity index (χ0) is 20.6. The summed E-state index contributed by atoms with van der Waals surface area (Å²) in [6.07, 6.45) is 6.16. The monoisotopic (exact) mass is 395 g/mol. The smallest absolute Gasteiger partial charge is 0.337 e. The van der Waals surface area contributed by atoms with Crippen molar-refractivity contribution in [2.75, 3.05) is 12.4 Å². The molecule has 1 heterocycles. The number of benzene rings is 1. The lowest BCUT2D eigenvalue weighted by atomic mass is 9.81. The van der Waals surface area contributed by atoms with Crippen molar-refractivity contribution in [3.63, 3.8) is 0 Å². The number of amides is 2. The van der Waals surface area contributed by atoms with Crippen molar-refractivity contribution in [1.82, 2.24) is 10.3 Å². The van der Waals surface area contributed by atoms with E-state index in [1.807, 2.05) is 12.1 Å². The second-order valence-electron chi connectivity index (χ2n) is 7.18. The quantitative estimate of drug-likeness (QED) is 0.733. The summed E-state index contributed by atoms with van der Waals surface area (Å²) in [5.41, 5.74) is 2.09. The molecule has 2 N–H and O–H groups in total. The van der Waals surface area contributed by atoms with Crippen LogP contribution in [0.1, 0.15) is 41.6 Å². The molecule has 0 saturated heterocycles. The van der Waals surface area contributed by atoms with Gasteiger partial charge in [-0.25, -0.2) is 4.79 Å². The second-order valence-corrected chi connectivity index (χ2v) is 7.18. The largest absolute Gasteiger partial charge is 0.465 e. The molecule has 0 atom stereocenters. The van der Waals surface area contributed by atoms with Crippen molar-refractivity contribution >= 4 is 23.5 Å². The predicted octanol–water partition coefficient (Wildman–Crippen LogP) is 2.93. The van der Waals surface area contributed by atoms with Crippen molar-refractivity contribution in [2.45, 2.75) is 32.2 Å². The van der Waals surface area contributed by atoms with Gasteiger partial charge in [-0.2, -0.15) is 0 Å². The summed E-state index contributed by atoms with van der Waals surface area (Å²) < 4.78 is 4.66. The molecule has 7 heteroatoms. The van der Waals surface area contributed by atoms with E-state index < -0.39 is 5.97 Å². The second kappa shape index (κ2) is 9.82. The Morgan fingerprint density at radius 1 is 0.931 bits per heavy atom. The number of nitrogens with zero attached hydrogens (tertiary/aromatic N) is 1. The first-order chi connectivity index (χ1) is 14.1. The molecule has 1 aliphatic rings.